The molecule has 0 spiro atoms. The Morgan fingerprint density at radius 1 is 1.12 bits per heavy atom. The van der Waals surface area contributed by atoms with Gasteiger partial charge < -0.3 is 24.8 Å². The molecule has 1 aromatic heterocycles. The summed E-state index contributed by atoms with van der Waals surface area (Å²) in [5.41, 5.74) is 2.64. The predicted octanol–water partition coefficient (Wildman–Crippen LogP) is 3.13. The minimum atomic E-state index is -2.95. The van der Waals surface area contributed by atoms with Gasteiger partial charge in [-0.2, -0.15) is 13.9 Å². The number of hydrogen-bond donors (Lipinski definition) is 2. The zero-order valence-electron chi connectivity index (χ0n) is 17.4. The first-order chi connectivity index (χ1) is 15.6. The zero-order valence-corrected chi connectivity index (χ0v) is 17.4. The Hall–Kier alpha value is -3.82. The van der Waals surface area contributed by atoms with Crippen molar-refractivity contribution in [1.82, 2.24) is 20.4 Å². The minimum absolute atomic E-state index is 0.0226. The smallest absolute Gasteiger partial charge is 0.387 e. The van der Waals surface area contributed by atoms with Crippen molar-refractivity contribution in [3.8, 4) is 17.2 Å². The van der Waals surface area contributed by atoms with Crippen LogP contribution in [0.5, 0.6) is 17.2 Å². The van der Waals surface area contributed by atoms with Gasteiger partial charge in [0.2, 0.25) is 6.79 Å². The molecule has 0 fully saturated rings. The van der Waals surface area contributed by atoms with E-state index in [2.05, 4.69) is 25.5 Å². The second-order valence-electron chi connectivity index (χ2n) is 7.00. The maximum absolute atomic E-state index is 12.8. The van der Waals surface area contributed by atoms with Crippen LogP contribution in [0.3, 0.4) is 0 Å². The van der Waals surface area contributed by atoms with Gasteiger partial charge in [-0.3, -0.25) is 9.67 Å². The van der Waals surface area contributed by atoms with Gasteiger partial charge in [0, 0.05) is 43.5 Å². The number of rotatable bonds is 8. The van der Waals surface area contributed by atoms with E-state index in [0.717, 1.165) is 11.1 Å². The summed E-state index contributed by atoms with van der Waals surface area (Å²) >= 11 is 0. The summed E-state index contributed by atoms with van der Waals surface area (Å²) in [5, 5.41) is 10.7. The number of halogens is 2. The lowest BCUT2D eigenvalue weighted by atomic mass is 10.1. The first-order valence-electron chi connectivity index (χ1n) is 9.98. The number of hydrogen-bond acceptors (Lipinski definition) is 5. The summed E-state index contributed by atoms with van der Waals surface area (Å²) in [6.07, 6.45) is 3.75. The van der Waals surface area contributed by atoms with Crippen molar-refractivity contribution in [2.75, 3.05) is 13.8 Å². The summed E-state index contributed by atoms with van der Waals surface area (Å²) in [4.78, 5) is 4.18. The van der Waals surface area contributed by atoms with E-state index in [1.807, 2.05) is 41.2 Å². The lowest BCUT2D eigenvalue weighted by Gasteiger charge is -2.15. The third kappa shape index (κ3) is 5.45. The summed E-state index contributed by atoms with van der Waals surface area (Å²) in [7, 11) is 1.63. The van der Waals surface area contributed by atoms with Crippen LogP contribution in [0.4, 0.5) is 8.78 Å². The second-order valence-corrected chi connectivity index (χ2v) is 7.00. The third-order valence-electron chi connectivity index (χ3n) is 4.78. The quantitative estimate of drug-likeness (QED) is 0.411. The molecule has 168 valence electrons. The van der Waals surface area contributed by atoms with Crippen LogP contribution in [-0.4, -0.2) is 36.2 Å². The predicted molar refractivity (Wildman–Crippen MR) is 114 cm³/mol. The lowest BCUT2D eigenvalue weighted by molar-refractivity contribution is -0.0505. The summed E-state index contributed by atoms with van der Waals surface area (Å²) < 4.78 is 42.7. The van der Waals surface area contributed by atoms with E-state index in [-0.39, 0.29) is 19.1 Å². The topological polar surface area (TPSA) is 81.9 Å². The molecule has 0 atom stereocenters. The van der Waals surface area contributed by atoms with Crippen LogP contribution in [0, 0.1) is 0 Å². The van der Waals surface area contributed by atoms with Crippen LogP contribution in [0.15, 0.2) is 59.9 Å². The Morgan fingerprint density at radius 2 is 1.88 bits per heavy atom. The molecule has 0 bridgehead atoms. The molecule has 0 saturated heterocycles. The fourth-order valence-electron chi connectivity index (χ4n) is 3.25. The average molecular weight is 443 g/mol. The minimum Gasteiger partial charge on any atom is -0.454 e. The standard InChI is InChI=1S/C22H23F2N5O3/c1-25-22(26-9-16-10-28-29(13-16)12-15-5-3-2-4-6-15)27-11-17-7-19-20(31-14-30-19)8-18(17)32-21(23)24/h2-8,10,13,21H,9,11-12,14H2,1H3,(H2,25,26,27). The number of guanidine groups is 1. The van der Waals surface area contributed by atoms with Crippen molar-refractivity contribution >= 4 is 5.96 Å². The van der Waals surface area contributed by atoms with E-state index in [4.69, 9.17) is 9.47 Å². The molecule has 10 heteroatoms. The molecule has 3 aromatic rings. The Bertz CT molecular complexity index is 1070. The van der Waals surface area contributed by atoms with Crippen LogP contribution in [-0.2, 0) is 19.6 Å². The molecule has 1 aliphatic heterocycles. The van der Waals surface area contributed by atoms with Gasteiger partial charge in [0.25, 0.3) is 0 Å². The van der Waals surface area contributed by atoms with Gasteiger partial charge in [0.15, 0.2) is 17.5 Å². The Labute approximate surface area is 183 Å². The molecule has 32 heavy (non-hydrogen) atoms. The van der Waals surface area contributed by atoms with Gasteiger partial charge in [-0.15, -0.1) is 0 Å². The summed E-state index contributed by atoms with van der Waals surface area (Å²) in [5.74, 6) is 1.38. The van der Waals surface area contributed by atoms with E-state index in [0.29, 0.717) is 36.1 Å². The number of nitrogens with zero attached hydrogens (tertiary/aromatic N) is 3. The highest BCUT2D eigenvalue weighted by molar-refractivity contribution is 5.79. The van der Waals surface area contributed by atoms with Crippen LogP contribution < -0.4 is 24.8 Å². The molecule has 4 rings (SSSR count). The summed E-state index contributed by atoms with van der Waals surface area (Å²) in [6, 6.07) is 13.1. The SMILES string of the molecule is CN=C(NCc1cnn(Cc2ccccc2)c1)NCc1cc2c(cc1OC(F)F)OCO2. The van der Waals surface area contributed by atoms with Crippen LogP contribution in [0.25, 0.3) is 0 Å². The van der Waals surface area contributed by atoms with Crippen molar-refractivity contribution in [3.05, 3.63) is 71.5 Å². The van der Waals surface area contributed by atoms with E-state index in [1.54, 1.807) is 19.3 Å². The average Bonchev–Trinajstić information content (AvgIpc) is 3.43. The van der Waals surface area contributed by atoms with Crippen molar-refractivity contribution in [2.24, 2.45) is 4.99 Å². The molecule has 0 saturated carbocycles. The van der Waals surface area contributed by atoms with Gasteiger partial charge in [0.1, 0.15) is 5.75 Å². The first kappa shape index (κ1) is 21.4. The monoisotopic (exact) mass is 443 g/mol. The molecule has 1 aliphatic rings. The van der Waals surface area contributed by atoms with Gasteiger partial charge in [-0.1, -0.05) is 30.3 Å². The van der Waals surface area contributed by atoms with E-state index >= 15 is 0 Å². The van der Waals surface area contributed by atoms with Gasteiger partial charge >= 0.3 is 6.61 Å². The molecule has 0 radical (unpaired) electrons. The maximum Gasteiger partial charge on any atom is 0.387 e. The molecule has 0 unspecified atom stereocenters. The number of benzene rings is 2. The van der Waals surface area contributed by atoms with E-state index in [1.165, 1.54) is 6.07 Å². The Balaban J connectivity index is 1.34. The molecular weight excluding hydrogens is 420 g/mol. The highest BCUT2D eigenvalue weighted by Crippen LogP contribution is 2.38. The third-order valence-corrected chi connectivity index (χ3v) is 4.78. The largest absolute Gasteiger partial charge is 0.454 e. The maximum atomic E-state index is 12.8. The van der Waals surface area contributed by atoms with Crippen LogP contribution >= 0.6 is 0 Å². The Kier molecular flexibility index (Phi) is 6.69. The molecule has 2 heterocycles. The lowest BCUT2D eigenvalue weighted by Crippen LogP contribution is -2.36. The van der Waals surface area contributed by atoms with Gasteiger partial charge in [-0.25, -0.2) is 0 Å². The number of alkyl halides is 2. The fraction of sp³-hybridized carbons (Fsp3) is 0.273. The van der Waals surface area contributed by atoms with Gasteiger partial charge in [-0.05, 0) is 11.6 Å². The molecular formula is C22H23F2N5O3. The second kappa shape index (κ2) is 9.99. The van der Waals surface area contributed by atoms with Crippen molar-refractivity contribution in [1.29, 1.82) is 0 Å². The van der Waals surface area contributed by atoms with Crippen LogP contribution in [0.1, 0.15) is 16.7 Å². The van der Waals surface area contributed by atoms with E-state index < -0.39 is 6.61 Å². The summed E-state index contributed by atoms with van der Waals surface area (Å²) in [6.45, 7) is -1.52. The van der Waals surface area contributed by atoms with E-state index in [9.17, 15) is 8.78 Å². The van der Waals surface area contributed by atoms with Crippen molar-refractivity contribution in [3.63, 3.8) is 0 Å². The molecule has 0 aliphatic carbocycles. The highest BCUT2D eigenvalue weighted by Gasteiger charge is 2.20. The van der Waals surface area contributed by atoms with Crippen LogP contribution in [0.2, 0.25) is 0 Å². The number of nitrogens with one attached hydrogen (secondary N) is 2. The molecule has 2 N–H and O–H groups in total. The number of aromatic nitrogens is 2. The van der Waals surface area contributed by atoms with Crippen molar-refractivity contribution in [2.45, 2.75) is 26.2 Å². The fourth-order valence-corrected chi connectivity index (χ4v) is 3.25. The highest BCUT2D eigenvalue weighted by atomic mass is 19.3. The van der Waals surface area contributed by atoms with Crippen molar-refractivity contribution < 1.29 is 23.0 Å². The number of ether oxygens (including phenoxy) is 3. The normalized spacial score (nSPS) is 12.8. The zero-order chi connectivity index (χ0) is 22.3. The first-order valence-corrected chi connectivity index (χ1v) is 9.98. The molecule has 2 aromatic carbocycles. The molecule has 8 nitrogen and oxygen atoms in total. The number of fused-ring (bicyclic) bond motifs is 1. The number of aliphatic imine (C=N–C) groups is 1. The Morgan fingerprint density at radius 3 is 2.62 bits per heavy atom. The molecule has 0 amide bonds. The van der Waals surface area contributed by atoms with Gasteiger partial charge in [0.05, 0.1) is 12.7 Å².